The number of nitrogen functional groups attached to an aromatic ring is 1. The van der Waals surface area contributed by atoms with Gasteiger partial charge >= 0.3 is 0 Å². The van der Waals surface area contributed by atoms with Crippen molar-refractivity contribution in [2.75, 3.05) is 22.8 Å². The van der Waals surface area contributed by atoms with Crippen molar-refractivity contribution in [1.29, 1.82) is 0 Å². The Bertz CT molecular complexity index is 498. The van der Waals surface area contributed by atoms with Crippen molar-refractivity contribution in [2.24, 2.45) is 0 Å². The highest BCUT2D eigenvalue weighted by Crippen LogP contribution is 2.20. The van der Waals surface area contributed by atoms with Crippen LogP contribution in [0.5, 0.6) is 0 Å². The van der Waals surface area contributed by atoms with E-state index in [0.717, 1.165) is 5.56 Å². The predicted molar refractivity (Wildman–Crippen MR) is 74.1 cm³/mol. The normalized spacial score (nSPS) is 11.8. The molecule has 0 amide bonds. The molecule has 0 radical (unpaired) electrons. The molecule has 6 heteroatoms. The van der Waals surface area contributed by atoms with E-state index in [0.29, 0.717) is 11.4 Å². The molecule has 0 bridgehead atoms. The van der Waals surface area contributed by atoms with Crippen LogP contribution in [0.25, 0.3) is 0 Å². The minimum atomic E-state index is -3.42. The zero-order chi connectivity index (χ0) is 13.8. The summed E-state index contributed by atoms with van der Waals surface area (Å²) in [5, 5.41) is 0. The number of benzene rings is 1. The van der Waals surface area contributed by atoms with Crippen LogP contribution < -0.4 is 10.5 Å². The van der Waals surface area contributed by atoms with Crippen molar-refractivity contribution in [3.63, 3.8) is 0 Å². The highest BCUT2D eigenvalue weighted by atomic mass is 32.2. The molecule has 0 aromatic heterocycles. The van der Waals surface area contributed by atoms with Crippen molar-refractivity contribution in [3.8, 4) is 0 Å². The third-order valence-corrected chi connectivity index (χ3v) is 3.51. The molecule has 0 heterocycles. The lowest BCUT2D eigenvalue weighted by Gasteiger charge is -2.12. The van der Waals surface area contributed by atoms with Crippen LogP contribution in [0.1, 0.15) is 19.4 Å². The first-order valence-electron chi connectivity index (χ1n) is 5.78. The van der Waals surface area contributed by atoms with Crippen LogP contribution in [0.4, 0.5) is 11.4 Å². The maximum Gasteiger partial charge on any atom is 0.235 e. The molecular weight excluding hydrogens is 252 g/mol. The van der Waals surface area contributed by atoms with Gasteiger partial charge in [0.2, 0.25) is 10.0 Å². The molecule has 0 atom stereocenters. The summed E-state index contributed by atoms with van der Waals surface area (Å²) in [5.41, 5.74) is 7.49. The van der Waals surface area contributed by atoms with Gasteiger partial charge in [0.25, 0.3) is 0 Å². The molecule has 1 aromatic carbocycles. The van der Waals surface area contributed by atoms with Crippen LogP contribution in [0, 0.1) is 6.92 Å². The maximum atomic E-state index is 11.8. The number of anilines is 2. The van der Waals surface area contributed by atoms with Gasteiger partial charge in [-0.1, -0.05) is 6.07 Å². The molecule has 0 saturated carbocycles. The summed E-state index contributed by atoms with van der Waals surface area (Å²) in [5.74, 6) is -0.0848. The number of nitrogens with two attached hydrogens (primary N) is 1. The lowest BCUT2D eigenvalue weighted by Crippen LogP contribution is -2.22. The number of aryl methyl sites for hydroxylation is 1. The van der Waals surface area contributed by atoms with Gasteiger partial charge in [-0.25, -0.2) is 8.42 Å². The molecule has 0 aliphatic rings. The first-order valence-corrected chi connectivity index (χ1v) is 7.43. The molecule has 1 aromatic rings. The van der Waals surface area contributed by atoms with Gasteiger partial charge in [0.15, 0.2) is 0 Å². The Morgan fingerprint density at radius 2 is 2.06 bits per heavy atom. The fourth-order valence-electron chi connectivity index (χ4n) is 1.37. The van der Waals surface area contributed by atoms with Gasteiger partial charge in [-0.15, -0.1) is 0 Å². The summed E-state index contributed by atoms with van der Waals surface area (Å²) in [6.07, 6.45) is 0.0178. The molecule has 0 spiro atoms. The molecule has 0 aliphatic carbocycles. The Kier molecular flexibility index (Phi) is 4.98. The molecule has 102 valence electrons. The highest BCUT2D eigenvalue weighted by Gasteiger charge is 2.12. The van der Waals surface area contributed by atoms with Crippen molar-refractivity contribution >= 4 is 21.4 Å². The highest BCUT2D eigenvalue weighted by molar-refractivity contribution is 7.92. The summed E-state index contributed by atoms with van der Waals surface area (Å²) in [4.78, 5) is 0. The third kappa shape index (κ3) is 4.93. The topological polar surface area (TPSA) is 81.4 Å². The van der Waals surface area contributed by atoms with Crippen LogP contribution in [0.15, 0.2) is 18.2 Å². The van der Waals surface area contributed by atoms with Crippen molar-refractivity contribution in [1.82, 2.24) is 0 Å². The van der Waals surface area contributed by atoms with E-state index in [2.05, 4.69) is 4.72 Å². The Morgan fingerprint density at radius 1 is 1.39 bits per heavy atom. The van der Waals surface area contributed by atoms with Crippen LogP contribution in [-0.4, -0.2) is 26.9 Å². The molecule has 0 aliphatic heterocycles. The van der Waals surface area contributed by atoms with Gasteiger partial charge in [-0.3, -0.25) is 4.72 Å². The molecule has 3 N–H and O–H groups in total. The Morgan fingerprint density at radius 3 is 2.67 bits per heavy atom. The second-order valence-corrected chi connectivity index (χ2v) is 6.27. The maximum absolute atomic E-state index is 11.8. The summed E-state index contributed by atoms with van der Waals surface area (Å²) < 4.78 is 31.3. The van der Waals surface area contributed by atoms with Crippen LogP contribution >= 0.6 is 0 Å². The van der Waals surface area contributed by atoms with Crippen molar-refractivity contribution in [2.45, 2.75) is 26.9 Å². The first-order chi connectivity index (χ1) is 8.30. The fourth-order valence-corrected chi connectivity index (χ4v) is 2.30. The number of ether oxygens (including phenoxy) is 1. The number of nitrogens with one attached hydrogen (secondary N) is 1. The van der Waals surface area contributed by atoms with E-state index < -0.39 is 10.0 Å². The Balaban J connectivity index is 2.67. The SMILES string of the molecule is Cc1ccc(N)c(NS(=O)(=O)CCOC(C)C)c1. The first kappa shape index (κ1) is 14.8. The summed E-state index contributed by atoms with van der Waals surface area (Å²) in [6.45, 7) is 5.76. The van der Waals surface area contributed by atoms with E-state index in [1.54, 1.807) is 12.1 Å². The number of hydrogen-bond donors (Lipinski definition) is 2. The van der Waals surface area contributed by atoms with E-state index in [-0.39, 0.29) is 18.5 Å². The monoisotopic (exact) mass is 272 g/mol. The predicted octanol–water partition coefficient (Wildman–Crippen LogP) is 1.74. The number of hydrogen-bond acceptors (Lipinski definition) is 4. The van der Waals surface area contributed by atoms with Gasteiger partial charge < -0.3 is 10.5 Å². The lowest BCUT2D eigenvalue weighted by molar-refractivity contribution is 0.0913. The minimum Gasteiger partial charge on any atom is -0.397 e. The minimum absolute atomic E-state index is 0.0178. The molecule has 1 rings (SSSR count). The van der Waals surface area contributed by atoms with Gasteiger partial charge in [0.1, 0.15) is 0 Å². The summed E-state index contributed by atoms with van der Waals surface area (Å²) in [6, 6.07) is 5.21. The van der Waals surface area contributed by atoms with Gasteiger partial charge in [-0.05, 0) is 38.5 Å². The molecule has 5 nitrogen and oxygen atoms in total. The van der Waals surface area contributed by atoms with Crippen molar-refractivity contribution in [3.05, 3.63) is 23.8 Å². The second-order valence-electron chi connectivity index (χ2n) is 4.43. The second kappa shape index (κ2) is 6.06. The summed E-state index contributed by atoms with van der Waals surface area (Å²) in [7, 11) is -3.42. The largest absolute Gasteiger partial charge is 0.397 e. The molecule has 0 unspecified atom stereocenters. The van der Waals surface area contributed by atoms with Crippen LogP contribution in [0.3, 0.4) is 0 Å². The van der Waals surface area contributed by atoms with Crippen LogP contribution in [0.2, 0.25) is 0 Å². The quantitative estimate of drug-likeness (QED) is 0.773. The zero-order valence-corrected chi connectivity index (χ0v) is 11.8. The lowest BCUT2D eigenvalue weighted by atomic mass is 10.2. The van der Waals surface area contributed by atoms with Crippen molar-refractivity contribution < 1.29 is 13.2 Å². The molecule has 0 saturated heterocycles. The number of rotatable bonds is 6. The third-order valence-electron chi connectivity index (χ3n) is 2.28. The fraction of sp³-hybridized carbons (Fsp3) is 0.500. The van der Waals surface area contributed by atoms with E-state index in [1.807, 2.05) is 26.8 Å². The Labute approximate surface area is 108 Å². The van der Waals surface area contributed by atoms with E-state index in [9.17, 15) is 8.42 Å². The molecule has 18 heavy (non-hydrogen) atoms. The zero-order valence-electron chi connectivity index (χ0n) is 10.9. The summed E-state index contributed by atoms with van der Waals surface area (Å²) >= 11 is 0. The number of sulfonamides is 1. The van der Waals surface area contributed by atoms with E-state index in [4.69, 9.17) is 10.5 Å². The molecular formula is C12H20N2O3S. The Hall–Kier alpha value is -1.27. The van der Waals surface area contributed by atoms with E-state index >= 15 is 0 Å². The van der Waals surface area contributed by atoms with Gasteiger partial charge in [0, 0.05) is 0 Å². The smallest absolute Gasteiger partial charge is 0.235 e. The average molecular weight is 272 g/mol. The van der Waals surface area contributed by atoms with Gasteiger partial charge in [0.05, 0.1) is 29.8 Å². The van der Waals surface area contributed by atoms with E-state index in [1.165, 1.54) is 0 Å². The van der Waals surface area contributed by atoms with Gasteiger partial charge in [-0.2, -0.15) is 0 Å². The average Bonchev–Trinajstić information content (AvgIpc) is 2.22. The standard InChI is InChI=1S/C12H20N2O3S/c1-9(2)17-6-7-18(15,16)14-12-8-10(3)4-5-11(12)13/h4-5,8-9,14H,6-7,13H2,1-3H3. The molecule has 0 fully saturated rings. The van der Waals surface area contributed by atoms with Crippen LogP contribution in [-0.2, 0) is 14.8 Å².